The zero-order chi connectivity index (χ0) is 55.8. The van der Waals surface area contributed by atoms with Crippen LogP contribution in [-0.2, 0) is 14.3 Å². The van der Waals surface area contributed by atoms with Crippen LogP contribution in [0, 0.1) is 0 Å². The first-order chi connectivity index (χ1) is 37.8. The van der Waals surface area contributed by atoms with Crippen LogP contribution in [0.1, 0.15) is 309 Å². The first kappa shape index (κ1) is 72.9. The van der Waals surface area contributed by atoms with Gasteiger partial charge in [0.25, 0.3) is 0 Å². The van der Waals surface area contributed by atoms with Gasteiger partial charge in [0.15, 0.2) is 6.29 Å². The summed E-state index contributed by atoms with van der Waals surface area (Å²) in [7, 11) is 0. The number of allylic oxidation sites excluding steroid dienone is 9. The van der Waals surface area contributed by atoms with Crippen molar-refractivity contribution in [3.8, 4) is 0 Å². The Morgan fingerprint density at radius 1 is 0.455 bits per heavy atom. The van der Waals surface area contributed by atoms with Crippen molar-refractivity contribution >= 4 is 5.91 Å². The molecule has 0 aromatic carbocycles. The van der Waals surface area contributed by atoms with E-state index in [-0.39, 0.29) is 12.5 Å². The van der Waals surface area contributed by atoms with E-state index in [1.54, 1.807) is 6.08 Å². The van der Waals surface area contributed by atoms with Crippen LogP contribution in [0.25, 0.3) is 0 Å². The molecule has 1 fully saturated rings. The Morgan fingerprint density at radius 3 is 1.19 bits per heavy atom. The molecule has 1 aliphatic heterocycles. The lowest BCUT2D eigenvalue weighted by atomic mass is 9.99. The molecule has 77 heavy (non-hydrogen) atoms. The van der Waals surface area contributed by atoms with E-state index in [0.29, 0.717) is 6.42 Å². The van der Waals surface area contributed by atoms with Crippen molar-refractivity contribution < 1.29 is 39.8 Å². The fraction of sp³-hybridized carbons (Fsp3) is 0.838. The van der Waals surface area contributed by atoms with Crippen molar-refractivity contribution in [1.29, 1.82) is 0 Å². The van der Waals surface area contributed by atoms with Crippen molar-refractivity contribution in [1.82, 2.24) is 5.32 Å². The number of aliphatic hydroxyl groups excluding tert-OH is 5. The van der Waals surface area contributed by atoms with E-state index in [1.165, 1.54) is 212 Å². The molecule has 0 radical (unpaired) electrons. The molecule has 1 amide bonds. The minimum Gasteiger partial charge on any atom is -0.394 e. The summed E-state index contributed by atoms with van der Waals surface area (Å²) in [6.45, 7) is 3.69. The lowest BCUT2D eigenvalue weighted by Crippen LogP contribution is -2.60. The molecule has 0 aliphatic carbocycles. The van der Waals surface area contributed by atoms with Crippen LogP contribution in [0.2, 0.25) is 0 Å². The van der Waals surface area contributed by atoms with Crippen LogP contribution < -0.4 is 5.32 Å². The normalized spacial score (nSPS) is 19.1. The van der Waals surface area contributed by atoms with Gasteiger partial charge in [-0.25, -0.2) is 0 Å². The lowest BCUT2D eigenvalue weighted by Gasteiger charge is -2.40. The van der Waals surface area contributed by atoms with E-state index in [4.69, 9.17) is 9.47 Å². The number of hydrogen-bond donors (Lipinski definition) is 6. The minimum atomic E-state index is -1.57. The second kappa shape index (κ2) is 57.1. The van der Waals surface area contributed by atoms with Gasteiger partial charge in [0.05, 0.1) is 25.4 Å². The van der Waals surface area contributed by atoms with Gasteiger partial charge >= 0.3 is 0 Å². The number of aliphatic hydroxyl groups is 5. The Morgan fingerprint density at radius 2 is 0.805 bits per heavy atom. The number of carbonyl (C=O) groups is 1. The molecule has 1 rings (SSSR count). The molecular formula is C68H125NO8. The summed E-state index contributed by atoms with van der Waals surface area (Å²) in [4.78, 5) is 13.1. The molecule has 7 atom stereocenters. The molecule has 9 heteroatoms. The van der Waals surface area contributed by atoms with E-state index in [9.17, 15) is 30.3 Å². The number of ether oxygens (including phenoxy) is 2. The largest absolute Gasteiger partial charge is 0.394 e. The number of carbonyl (C=O) groups excluding carboxylic acids is 1. The van der Waals surface area contributed by atoms with Crippen LogP contribution in [0.3, 0.4) is 0 Å². The molecule has 6 N–H and O–H groups in total. The Balaban J connectivity index is 2.14. The average Bonchev–Trinajstić information content (AvgIpc) is 3.43. The summed E-state index contributed by atoms with van der Waals surface area (Å²) < 4.78 is 11.3. The molecule has 1 saturated heterocycles. The average molecular weight is 1080 g/mol. The van der Waals surface area contributed by atoms with E-state index in [0.717, 1.165) is 77.0 Å². The lowest BCUT2D eigenvalue weighted by molar-refractivity contribution is -0.302. The molecule has 1 heterocycles. The van der Waals surface area contributed by atoms with Crippen LogP contribution in [0.15, 0.2) is 60.8 Å². The first-order valence-electron chi connectivity index (χ1n) is 33.0. The molecule has 0 aromatic heterocycles. The quantitative estimate of drug-likeness (QED) is 0.0261. The van der Waals surface area contributed by atoms with Gasteiger partial charge < -0.3 is 40.3 Å². The van der Waals surface area contributed by atoms with E-state index in [2.05, 4.69) is 67.8 Å². The SMILES string of the molecule is CC/C=C\C/C=C\C/C=C\C/C=C\CCCCCCCCCCC(=O)NC(COC1OC(CO)C(O)C(O)C1O)C(O)/C=C/CCCCCCCCCCCCCCCCCCCCCCCCCCCCCCCCC. The van der Waals surface area contributed by atoms with Gasteiger partial charge in [-0.15, -0.1) is 0 Å². The van der Waals surface area contributed by atoms with Gasteiger partial charge in [-0.1, -0.05) is 306 Å². The number of nitrogens with one attached hydrogen (secondary N) is 1. The van der Waals surface area contributed by atoms with Crippen LogP contribution in [0.4, 0.5) is 0 Å². The summed E-state index contributed by atoms with van der Waals surface area (Å²) in [5.74, 6) is -0.183. The van der Waals surface area contributed by atoms with Gasteiger partial charge in [0, 0.05) is 6.42 Å². The molecular weight excluding hydrogens is 959 g/mol. The maximum Gasteiger partial charge on any atom is 0.220 e. The van der Waals surface area contributed by atoms with Crippen molar-refractivity contribution in [3.63, 3.8) is 0 Å². The molecule has 0 aromatic rings. The van der Waals surface area contributed by atoms with E-state index in [1.807, 2.05) is 6.08 Å². The molecule has 1 aliphatic rings. The molecule has 0 spiro atoms. The number of amides is 1. The minimum absolute atomic E-state index is 0.183. The van der Waals surface area contributed by atoms with Gasteiger partial charge in [0.2, 0.25) is 5.91 Å². The molecule has 7 unspecified atom stereocenters. The Hall–Kier alpha value is -2.11. The zero-order valence-corrected chi connectivity index (χ0v) is 50.2. The molecule has 0 bridgehead atoms. The van der Waals surface area contributed by atoms with Crippen LogP contribution in [0.5, 0.6) is 0 Å². The highest BCUT2D eigenvalue weighted by Gasteiger charge is 2.44. The molecule has 0 saturated carbocycles. The summed E-state index contributed by atoms with van der Waals surface area (Å²) in [6, 6.07) is -0.814. The van der Waals surface area contributed by atoms with Crippen LogP contribution in [-0.4, -0.2) is 87.5 Å². The van der Waals surface area contributed by atoms with Gasteiger partial charge in [0.1, 0.15) is 24.4 Å². The predicted molar refractivity (Wildman–Crippen MR) is 327 cm³/mol. The van der Waals surface area contributed by atoms with E-state index < -0.39 is 49.5 Å². The zero-order valence-electron chi connectivity index (χ0n) is 50.2. The number of hydrogen-bond acceptors (Lipinski definition) is 8. The van der Waals surface area contributed by atoms with Crippen molar-refractivity contribution in [2.45, 2.75) is 352 Å². The third-order valence-electron chi connectivity index (χ3n) is 15.6. The highest BCUT2D eigenvalue weighted by Crippen LogP contribution is 2.23. The predicted octanol–water partition coefficient (Wildman–Crippen LogP) is 17.4. The third kappa shape index (κ3) is 46.2. The van der Waals surface area contributed by atoms with Crippen molar-refractivity contribution in [2.24, 2.45) is 0 Å². The van der Waals surface area contributed by atoms with Crippen molar-refractivity contribution in [3.05, 3.63) is 60.8 Å². The Labute approximate surface area is 475 Å². The Kier molecular flexibility index (Phi) is 54.1. The highest BCUT2D eigenvalue weighted by molar-refractivity contribution is 5.76. The summed E-state index contributed by atoms with van der Waals surface area (Å²) in [5.41, 5.74) is 0. The van der Waals surface area contributed by atoms with Gasteiger partial charge in [-0.3, -0.25) is 4.79 Å². The monoisotopic (exact) mass is 1080 g/mol. The maximum absolute atomic E-state index is 13.1. The molecule has 450 valence electrons. The second-order valence-electron chi connectivity index (χ2n) is 22.9. The smallest absolute Gasteiger partial charge is 0.220 e. The second-order valence-corrected chi connectivity index (χ2v) is 22.9. The number of rotatable bonds is 57. The maximum atomic E-state index is 13.1. The summed E-state index contributed by atoms with van der Waals surface area (Å²) in [6.07, 6.45) is 71.7. The molecule has 9 nitrogen and oxygen atoms in total. The first-order valence-corrected chi connectivity index (χ1v) is 33.0. The number of unbranched alkanes of at least 4 members (excludes halogenated alkanes) is 39. The topological polar surface area (TPSA) is 149 Å². The van der Waals surface area contributed by atoms with Crippen LogP contribution >= 0.6 is 0 Å². The van der Waals surface area contributed by atoms with E-state index >= 15 is 0 Å². The standard InChI is InChI=1S/C68H125NO8/c1-3-5-7-9-11-13-15-17-19-21-23-25-26-27-28-29-30-31-32-33-34-35-36-38-39-41-43-45-47-49-51-53-55-57-62(71)61(60-76-68-67(75)66(74)65(73)63(59-70)77-68)69-64(72)58-56-54-52-50-48-46-44-42-40-37-24-22-20-18-16-14-12-10-8-6-4-2/h6,8,12,14,18,20,24,37,55,57,61-63,65-68,70-71,73-75H,3-5,7,9-11,13,15-17,19,21-23,25-36,38-54,56,58-60H2,1-2H3,(H,69,72)/b8-6-,14-12-,20-18-,37-24-,57-55+. The summed E-state index contributed by atoms with van der Waals surface area (Å²) in [5, 5.41) is 54.7. The highest BCUT2D eigenvalue weighted by atomic mass is 16.7. The van der Waals surface area contributed by atoms with Gasteiger partial charge in [-0.05, 0) is 57.8 Å². The van der Waals surface area contributed by atoms with Gasteiger partial charge in [-0.2, -0.15) is 0 Å². The third-order valence-corrected chi connectivity index (χ3v) is 15.6. The fourth-order valence-corrected chi connectivity index (χ4v) is 10.4. The van der Waals surface area contributed by atoms with Crippen molar-refractivity contribution in [2.75, 3.05) is 13.2 Å². The fourth-order valence-electron chi connectivity index (χ4n) is 10.4. The Bertz CT molecular complexity index is 1400. The summed E-state index contributed by atoms with van der Waals surface area (Å²) >= 11 is 0.